The molecule has 0 radical (unpaired) electrons. The summed E-state index contributed by atoms with van der Waals surface area (Å²) in [6.45, 7) is 1.75. The molecule has 1 N–H and O–H groups in total. The summed E-state index contributed by atoms with van der Waals surface area (Å²) in [5, 5.41) is 12.0. The third kappa shape index (κ3) is 3.46. The molecule has 0 bridgehead atoms. The van der Waals surface area contributed by atoms with Crippen LogP contribution in [0.2, 0.25) is 0 Å². The number of rotatable bonds is 5. The number of carbonyl (C=O) groups is 1. The van der Waals surface area contributed by atoms with Crippen LogP contribution in [-0.4, -0.2) is 21.0 Å². The monoisotopic (exact) mass is 384 g/mol. The van der Waals surface area contributed by atoms with Crippen LogP contribution >= 0.6 is 39.0 Å². The van der Waals surface area contributed by atoms with Crippen molar-refractivity contribution in [2.45, 2.75) is 36.5 Å². The van der Waals surface area contributed by atoms with Gasteiger partial charge in [-0.3, -0.25) is 0 Å². The Bertz CT molecular complexity index is 698. The number of halogens is 1. The summed E-state index contributed by atoms with van der Waals surface area (Å²) in [6, 6.07) is 2.05. The largest absolute Gasteiger partial charge is 0.478 e. The number of aryl methyl sites for hydroxylation is 1. The molecule has 110 valence electrons. The van der Waals surface area contributed by atoms with Gasteiger partial charge in [0, 0.05) is 26.4 Å². The van der Waals surface area contributed by atoms with Gasteiger partial charge in [0.05, 0.1) is 5.69 Å². The molecule has 1 aliphatic carbocycles. The molecule has 2 aromatic heterocycles. The zero-order valence-electron chi connectivity index (χ0n) is 11.3. The summed E-state index contributed by atoms with van der Waals surface area (Å²) in [6.07, 6.45) is 2.21. The highest BCUT2D eigenvalue weighted by Crippen LogP contribution is 2.39. The summed E-state index contributed by atoms with van der Waals surface area (Å²) in [7, 11) is 0. The molecule has 1 fully saturated rings. The van der Waals surface area contributed by atoms with Crippen LogP contribution in [-0.2, 0) is 5.75 Å². The summed E-state index contributed by atoms with van der Waals surface area (Å²) in [5.41, 5.74) is 0.800. The number of carboxylic acids is 1. The Morgan fingerprint density at radius 2 is 2.29 bits per heavy atom. The summed E-state index contributed by atoms with van der Waals surface area (Å²) in [5.74, 6) is 0.982. The van der Waals surface area contributed by atoms with Gasteiger partial charge in [0.15, 0.2) is 0 Å². The van der Waals surface area contributed by atoms with Crippen molar-refractivity contribution < 1.29 is 9.90 Å². The maximum atomic E-state index is 11.5. The highest BCUT2D eigenvalue weighted by molar-refractivity contribution is 9.10. The maximum absolute atomic E-state index is 11.5. The van der Waals surface area contributed by atoms with Crippen LogP contribution in [0.25, 0.3) is 0 Å². The summed E-state index contributed by atoms with van der Waals surface area (Å²) in [4.78, 5) is 21.5. The maximum Gasteiger partial charge on any atom is 0.340 e. The fourth-order valence-corrected chi connectivity index (χ4v) is 4.60. The molecule has 1 saturated carbocycles. The SMILES string of the molecule is Cc1nc(C2CC2)nc(SCc2cc(Br)cs2)c1C(=O)O. The molecule has 7 heteroatoms. The normalized spacial score (nSPS) is 14.4. The van der Waals surface area contributed by atoms with E-state index in [1.807, 2.05) is 11.4 Å². The zero-order valence-corrected chi connectivity index (χ0v) is 14.5. The van der Waals surface area contributed by atoms with Crippen LogP contribution in [0.5, 0.6) is 0 Å². The van der Waals surface area contributed by atoms with Crippen LogP contribution < -0.4 is 0 Å². The quantitative estimate of drug-likeness (QED) is 0.608. The van der Waals surface area contributed by atoms with Crippen molar-refractivity contribution in [3.8, 4) is 0 Å². The zero-order chi connectivity index (χ0) is 15.0. The molecule has 0 unspecified atom stereocenters. The van der Waals surface area contributed by atoms with Crippen molar-refractivity contribution in [2.24, 2.45) is 0 Å². The van der Waals surface area contributed by atoms with Gasteiger partial charge in [0.1, 0.15) is 16.4 Å². The second kappa shape index (κ2) is 6.06. The molecular weight excluding hydrogens is 372 g/mol. The average Bonchev–Trinajstić information content (AvgIpc) is 3.18. The minimum atomic E-state index is -0.954. The van der Waals surface area contributed by atoms with Gasteiger partial charge < -0.3 is 5.11 Å². The molecule has 0 saturated heterocycles. The van der Waals surface area contributed by atoms with E-state index in [-0.39, 0.29) is 5.56 Å². The lowest BCUT2D eigenvalue weighted by Gasteiger charge is -2.09. The first-order chi connectivity index (χ1) is 10.0. The topological polar surface area (TPSA) is 63.1 Å². The van der Waals surface area contributed by atoms with E-state index in [1.54, 1.807) is 18.3 Å². The number of aromatic nitrogens is 2. The molecular formula is C14H13BrN2O2S2. The van der Waals surface area contributed by atoms with Gasteiger partial charge in [0.2, 0.25) is 0 Å². The molecule has 2 heterocycles. The molecule has 4 nitrogen and oxygen atoms in total. The first-order valence-corrected chi connectivity index (χ1v) is 9.18. The first kappa shape index (κ1) is 15.0. The standard InChI is InChI=1S/C14H13BrN2O2S2/c1-7-11(14(18)19)13(17-12(16-7)8-2-3-8)21-6-10-4-9(15)5-20-10/h4-5,8H,2-3,6H2,1H3,(H,18,19). The van der Waals surface area contributed by atoms with Gasteiger partial charge in [-0.25, -0.2) is 14.8 Å². The first-order valence-electron chi connectivity index (χ1n) is 6.52. The van der Waals surface area contributed by atoms with Crippen LogP contribution in [0, 0.1) is 6.92 Å². The second-order valence-electron chi connectivity index (χ2n) is 4.95. The minimum Gasteiger partial charge on any atom is -0.478 e. The number of nitrogens with zero attached hydrogens (tertiary/aromatic N) is 2. The van der Waals surface area contributed by atoms with Crippen LogP contribution in [0.4, 0.5) is 0 Å². The molecule has 0 amide bonds. The van der Waals surface area contributed by atoms with Crippen LogP contribution in [0.15, 0.2) is 20.9 Å². The Labute approximate surface area is 139 Å². The highest BCUT2D eigenvalue weighted by atomic mass is 79.9. The van der Waals surface area contributed by atoms with Crippen molar-refractivity contribution in [3.63, 3.8) is 0 Å². The fraction of sp³-hybridized carbons (Fsp3) is 0.357. The lowest BCUT2D eigenvalue weighted by molar-refractivity contribution is 0.0690. The number of hydrogen-bond acceptors (Lipinski definition) is 5. The van der Waals surface area contributed by atoms with E-state index in [2.05, 4.69) is 25.9 Å². The van der Waals surface area contributed by atoms with Crippen molar-refractivity contribution in [1.82, 2.24) is 9.97 Å². The van der Waals surface area contributed by atoms with Crippen molar-refractivity contribution in [2.75, 3.05) is 0 Å². The number of hydrogen-bond donors (Lipinski definition) is 1. The van der Waals surface area contributed by atoms with E-state index in [0.717, 1.165) is 28.9 Å². The van der Waals surface area contributed by atoms with Crippen molar-refractivity contribution in [1.29, 1.82) is 0 Å². The van der Waals surface area contributed by atoms with E-state index in [9.17, 15) is 9.90 Å². The van der Waals surface area contributed by atoms with E-state index in [0.29, 0.717) is 16.6 Å². The number of aromatic carboxylic acids is 1. The number of carboxylic acid groups (broad SMARTS) is 1. The lowest BCUT2D eigenvalue weighted by Crippen LogP contribution is -2.09. The second-order valence-corrected chi connectivity index (χ2v) is 7.82. The predicted octanol–water partition coefficient (Wildman–Crippen LogP) is 4.48. The average molecular weight is 385 g/mol. The van der Waals surface area contributed by atoms with Gasteiger partial charge in [-0.05, 0) is 41.8 Å². The van der Waals surface area contributed by atoms with Crippen molar-refractivity contribution in [3.05, 3.63) is 37.9 Å². The third-order valence-electron chi connectivity index (χ3n) is 3.20. The molecule has 0 aromatic carbocycles. The van der Waals surface area contributed by atoms with Crippen LogP contribution in [0.1, 0.15) is 45.5 Å². The lowest BCUT2D eigenvalue weighted by atomic mass is 10.2. The van der Waals surface area contributed by atoms with Gasteiger partial charge >= 0.3 is 5.97 Å². The molecule has 0 atom stereocenters. The minimum absolute atomic E-state index is 0.236. The fourth-order valence-electron chi connectivity index (χ4n) is 2.01. The molecule has 1 aliphatic rings. The number of thioether (sulfide) groups is 1. The molecule has 3 rings (SSSR count). The Hall–Kier alpha value is -0.920. The molecule has 21 heavy (non-hydrogen) atoms. The Balaban J connectivity index is 1.88. The van der Waals surface area contributed by atoms with Gasteiger partial charge in [-0.2, -0.15) is 0 Å². The third-order valence-corrected chi connectivity index (χ3v) is 6.11. The van der Waals surface area contributed by atoms with E-state index >= 15 is 0 Å². The van der Waals surface area contributed by atoms with Gasteiger partial charge in [0.25, 0.3) is 0 Å². The van der Waals surface area contributed by atoms with E-state index < -0.39 is 5.97 Å². The van der Waals surface area contributed by atoms with E-state index in [4.69, 9.17) is 0 Å². The Morgan fingerprint density at radius 1 is 1.52 bits per heavy atom. The molecule has 0 spiro atoms. The number of thiophene rings is 1. The Kier molecular flexibility index (Phi) is 4.33. The Morgan fingerprint density at radius 3 is 2.86 bits per heavy atom. The van der Waals surface area contributed by atoms with Gasteiger partial charge in [-0.1, -0.05) is 11.8 Å². The van der Waals surface area contributed by atoms with E-state index in [1.165, 1.54) is 16.6 Å². The smallest absolute Gasteiger partial charge is 0.340 e. The predicted molar refractivity (Wildman–Crippen MR) is 87.3 cm³/mol. The van der Waals surface area contributed by atoms with Crippen molar-refractivity contribution >= 4 is 45.0 Å². The highest BCUT2D eigenvalue weighted by Gasteiger charge is 2.29. The summed E-state index contributed by atoms with van der Waals surface area (Å²) >= 11 is 6.55. The van der Waals surface area contributed by atoms with Crippen LogP contribution in [0.3, 0.4) is 0 Å². The summed E-state index contributed by atoms with van der Waals surface area (Å²) < 4.78 is 1.05. The van der Waals surface area contributed by atoms with Gasteiger partial charge in [-0.15, -0.1) is 11.3 Å². The molecule has 0 aliphatic heterocycles. The molecule has 2 aromatic rings.